The van der Waals surface area contributed by atoms with Crippen molar-refractivity contribution >= 4 is 110 Å². The number of aromatic nitrogens is 10. The average Bonchev–Trinajstić information content (AvgIpc) is 1.57. The zero-order valence-corrected chi connectivity index (χ0v) is 90.2. The van der Waals surface area contributed by atoms with Crippen molar-refractivity contribution in [2.24, 2.45) is 40.7 Å². The second kappa shape index (κ2) is 42.1. The Kier molecular flexibility index (Phi) is 24.9. The molecule has 0 amide bonds. The number of fused-ring (bicyclic) bond motifs is 15. The number of pyridine rings is 10. The summed E-state index contributed by atoms with van der Waals surface area (Å²) in [5.41, 5.74) is 32.9. The number of hydrogen-bond donors (Lipinski definition) is 0. The van der Waals surface area contributed by atoms with Crippen LogP contribution in [-0.2, 0) is 80.0 Å². The second-order valence-corrected chi connectivity index (χ2v) is 41.3. The SMILES string of the molecule is CCc1cc(-c2c(C)ccc3c2oc2nc(C(C)C)ccc23)[n+](C)cc1C(C)C.CCc1ccc2c(n1)oc1c(-c3cc(CC)c(C(C)C)c[n+]3C)c(C)ccc12.[2H]C([2H])(C)c1cc(-c2c(C)ccc3c2oc2nc(C(C)C)ccc23)[n+](C)cc1C(C)C.[2H]C([2H])(C)c1cc(-c2c(C)ccc3c2oc2nc(CC)ccc23)[n+](C)cc1C(C)C.[2H]C([2H])([2H])C(C([2H])([2H])[2H])(C([2H])([2H])[2H])C([2H])([2H])c1c[n+](C)c(-c2c(C)ccc3c2oc2nc(C(C)C)ccc23)cc1C. The molecule has 0 saturated carbocycles. The number of furan rings is 5. The van der Waals surface area contributed by atoms with Crippen LogP contribution in [0.3, 0.4) is 0 Å². The molecule has 0 fully saturated rings. The molecule has 0 aliphatic carbocycles. The molecule has 15 heteroatoms. The van der Waals surface area contributed by atoms with Gasteiger partial charge in [-0.15, -0.1) is 0 Å². The third-order valence-electron chi connectivity index (χ3n) is 28.5. The van der Waals surface area contributed by atoms with E-state index in [1.807, 2.05) is 71.3 Å². The van der Waals surface area contributed by atoms with Crippen LogP contribution in [0, 0.1) is 47.0 Å². The molecule has 0 aliphatic heterocycles. The lowest BCUT2D eigenvalue weighted by Gasteiger charge is -2.19. The van der Waals surface area contributed by atoms with Gasteiger partial charge < -0.3 is 22.1 Å². The Hall–Kier alpha value is -13.4. The largest absolute Gasteiger partial charge is 0.437 e. The van der Waals surface area contributed by atoms with Crippen molar-refractivity contribution in [2.75, 3.05) is 0 Å². The summed E-state index contributed by atoms with van der Waals surface area (Å²) in [5, 5.41) is 10.2. The molecule has 0 N–H and O–H groups in total. The number of aryl methyl sites for hydroxylation is 17. The van der Waals surface area contributed by atoms with E-state index >= 15 is 0 Å². The summed E-state index contributed by atoms with van der Waals surface area (Å²) in [7, 11) is 9.91. The lowest BCUT2D eigenvalue weighted by molar-refractivity contribution is -0.661. The minimum atomic E-state index is -3.70. The van der Waals surface area contributed by atoms with E-state index in [0.29, 0.717) is 57.7 Å². The molecule has 15 aromatic heterocycles. The van der Waals surface area contributed by atoms with E-state index in [9.17, 15) is 0 Å². The molecule has 0 saturated heterocycles. The van der Waals surface area contributed by atoms with Gasteiger partial charge in [-0.1, -0.05) is 220 Å². The normalized spacial score (nSPS) is 14.1. The van der Waals surface area contributed by atoms with E-state index in [0.717, 1.165) is 203 Å². The summed E-state index contributed by atoms with van der Waals surface area (Å²) in [6, 6.07) is 52.0. The van der Waals surface area contributed by atoms with Gasteiger partial charge in [0.05, 0.1) is 27.8 Å². The first-order valence-electron chi connectivity index (χ1n) is 58.7. The van der Waals surface area contributed by atoms with Crippen molar-refractivity contribution in [2.45, 2.75) is 287 Å². The number of nitrogens with zero attached hydrogens (tertiary/aromatic N) is 10. The van der Waals surface area contributed by atoms with Gasteiger partial charge in [-0.3, -0.25) is 0 Å². The third kappa shape index (κ3) is 20.2. The molecular weight excluding hydrogens is 1770 g/mol. The second-order valence-electron chi connectivity index (χ2n) is 41.3. The standard InChI is InChI=1S/C27H33N2O.2C26H31N2O.2C25H29N2O/c1-16(2)22-12-11-21-20-10-9-17(3)24(25(20)30-26(21)28-22)23-13-18(4)19(15-29(23)8)14-27(5,6)7;2*1-8-18-13-23(28(7)14-21(18)15(2)3)24-17(6)9-10-19-20-11-12-22(16(4)5)27-26(20)29-25(19)24;2*1-7-17-13-22(27(6)14-21(17)15(3)4)23-16(5)9-11-19-20-12-10-18(8-2)26-25(20)28-24(19)23/h9-13,15-16H,14H2,1-8H3;2*9-16H,8H2,1-7H3;2*9-15H,7-8H2,1-6H3/q5*+1/i5D3,6D3,7D3,14D2;8D2;;7D2;. The van der Waals surface area contributed by atoms with Crippen LogP contribution < -0.4 is 22.8 Å². The van der Waals surface area contributed by atoms with Crippen LogP contribution in [0.15, 0.2) is 205 Å². The molecule has 744 valence electrons. The topological polar surface area (TPSA) is 150 Å². The summed E-state index contributed by atoms with van der Waals surface area (Å²) in [6.45, 7) is 42.8. The Bertz CT molecular complexity index is 8970. The van der Waals surface area contributed by atoms with E-state index in [2.05, 4.69) is 315 Å². The van der Waals surface area contributed by atoms with Gasteiger partial charge >= 0.3 is 0 Å². The Morgan fingerprint density at radius 1 is 0.264 bits per heavy atom. The van der Waals surface area contributed by atoms with Crippen LogP contribution >= 0.6 is 0 Å². The fourth-order valence-corrected chi connectivity index (χ4v) is 20.3. The summed E-state index contributed by atoms with van der Waals surface area (Å²) in [5.74, 6) is 2.38. The molecule has 0 unspecified atom stereocenters. The fraction of sp³-hybridized carbons (Fsp3) is 0.380. The maximum Gasteiger partial charge on any atom is 0.227 e. The summed E-state index contributed by atoms with van der Waals surface area (Å²) in [4.78, 5) is 23.6. The first-order chi connectivity index (χ1) is 74.4. The zero-order chi connectivity index (χ0) is 116. The number of rotatable bonds is 19. The molecule has 20 aromatic rings. The molecular formula is C129H153N10O5+5. The molecule has 0 radical (unpaired) electrons. The maximum absolute atomic E-state index is 8.90. The van der Waals surface area contributed by atoms with Crippen molar-refractivity contribution in [3.63, 3.8) is 0 Å². The molecule has 0 bridgehead atoms. The average molecular weight is 1940 g/mol. The molecule has 0 aliphatic rings. The van der Waals surface area contributed by atoms with Crippen LogP contribution in [0.5, 0.6) is 0 Å². The monoisotopic (exact) mass is 1940 g/mol. The predicted octanol–water partition coefficient (Wildman–Crippen LogP) is 32.0. The van der Waals surface area contributed by atoms with Crippen molar-refractivity contribution in [1.82, 2.24) is 24.9 Å². The van der Waals surface area contributed by atoms with Gasteiger partial charge in [-0.05, 0) is 249 Å². The van der Waals surface area contributed by atoms with Crippen LogP contribution in [0.25, 0.3) is 167 Å². The highest BCUT2D eigenvalue weighted by Crippen LogP contribution is 2.46. The van der Waals surface area contributed by atoms with Gasteiger partial charge in [0.15, 0.2) is 58.9 Å². The van der Waals surface area contributed by atoms with Crippen LogP contribution in [0.1, 0.15) is 333 Å². The molecule has 144 heavy (non-hydrogen) atoms. The van der Waals surface area contributed by atoms with E-state index in [-0.39, 0.29) is 28.9 Å². The lowest BCUT2D eigenvalue weighted by atomic mass is 9.86. The summed E-state index contributed by atoms with van der Waals surface area (Å²) < 4.78 is 165. The van der Waals surface area contributed by atoms with Gasteiger partial charge in [-0.2, -0.15) is 0 Å². The molecule has 0 atom stereocenters. The first-order valence-corrected chi connectivity index (χ1v) is 51.2. The summed E-state index contributed by atoms with van der Waals surface area (Å²) in [6.07, 6.45) is 7.60. The van der Waals surface area contributed by atoms with Crippen molar-refractivity contribution < 1.29 is 65.5 Å². The Morgan fingerprint density at radius 3 is 0.743 bits per heavy atom. The van der Waals surface area contributed by atoms with E-state index < -0.39 is 45.1 Å². The molecule has 0 spiro atoms. The van der Waals surface area contributed by atoms with Crippen LogP contribution in [0.4, 0.5) is 0 Å². The summed E-state index contributed by atoms with van der Waals surface area (Å²) >= 11 is 0. The van der Waals surface area contributed by atoms with Gasteiger partial charge in [0, 0.05) is 161 Å². The maximum atomic E-state index is 8.90. The number of benzene rings is 5. The fourth-order valence-electron chi connectivity index (χ4n) is 20.3. The van der Waals surface area contributed by atoms with E-state index in [4.69, 9.17) is 57.6 Å². The quantitative estimate of drug-likeness (QED) is 0.0716. The van der Waals surface area contributed by atoms with Crippen molar-refractivity contribution in [3.8, 4) is 56.3 Å². The van der Waals surface area contributed by atoms with Gasteiger partial charge in [0.1, 0.15) is 35.2 Å². The van der Waals surface area contributed by atoms with Crippen molar-refractivity contribution in [3.05, 3.63) is 295 Å². The molecule has 15 nitrogen and oxygen atoms in total. The van der Waals surface area contributed by atoms with Crippen LogP contribution in [-0.4, -0.2) is 24.9 Å². The molecule has 5 aromatic carbocycles. The van der Waals surface area contributed by atoms with E-state index in [1.54, 1.807) is 27.0 Å². The Morgan fingerprint density at radius 2 is 0.500 bits per heavy atom. The lowest BCUT2D eigenvalue weighted by Crippen LogP contribution is -2.32. The minimum Gasteiger partial charge on any atom is -0.437 e. The first kappa shape index (κ1) is 85.0. The number of hydrogen-bond acceptors (Lipinski definition) is 10. The highest BCUT2D eigenvalue weighted by atomic mass is 16.4. The van der Waals surface area contributed by atoms with Gasteiger partial charge in [0.25, 0.3) is 0 Å². The molecule has 15 heterocycles. The Balaban J connectivity index is 0.000000141. The predicted molar refractivity (Wildman–Crippen MR) is 597 cm³/mol. The van der Waals surface area contributed by atoms with Crippen LogP contribution in [0.2, 0.25) is 0 Å². The highest BCUT2D eigenvalue weighted by Gasteiger charge is 2.32. The van der Waals surface area contributed by atoms with E-state index in [1.165, 1.54) is 73.6 Å². The van der Waals surface area contributed by atoms with Gasteiger partial charge in [0.2, 0.25) is 57.0 Å². The highest BCUT2D eigenvalue weighted by molar-refractivity contribution is 6.13. The third-order valence-corrected chi connectivity index (χ3v) is 28.5. The molecule has 20 rings (SSSR count). The van der Waals surface area contributed by atoms with Gasteiger partial charge in [-0.25, -0.2) is 47.8 Å². The van der Waals surface area contributed by atoms with Crippen molar-refractivity contribution in [1.29, 1.82) is 0 Å². The Labute approximate surface area is 874 Å². The minimum absolute atomic E-state index is 0.193. The zero-order valence-electron chi connectivity index (χ0n) is 105. The smallest absolute Gasteiger partial charge is 0.227 e.